The van der Waals surface area contributed by atoms with Gasteiger partial charge < -0.3 is 15.4 Å². The monoisotopic (exact) mass is 323 g/mol. The Kier molecular flexibility index (Phi) is 5.25. The minimum Gasteiger partial charge on any atom is -0.373 e. The van der Waals surface area contributed by atoms with E-state index in [0.29, 0.717) is 11.9 Å². The Bertz CT molecular complexity index is 512. The number of aromatic nitrogens is 2. The average Bonchev–Trinajstić information content (AvgIpc) is 3.21. The van der Waals surface area contributed by atoms with Crippen LogP contribution in [0.1, 0.15) is 25.0 Å². The first kappa shape index (κ1) is 15.7. The van der Waals surface area contributed by atoms with Gasteiger partial charge in [-0.2, -0.15) is 16.9 Å². The first-order valence-corrected chi connectivity index (χ1v) is 9.20. The van der Waals surface area contributed by atoms with Gasteiger partial charge >= 0.3 is 0 Å². The van der Waals surface area contributed by atoms with Crippen molar-refractivity contribution in [2.75, 3.05) is 37.7 Å². The highest BCUT2D eigenvalue weighted by Crippen LogP contribution is 2.34. The van der Waals surface area contributed by atoms with Gasteiger partial charge in [-0.1, -0.05) is 0 Å². The minimum atomic E-state index is 0.105. The first-order chi connectivity index (χ1) is 10.8. The van der Waals surface area contributed by atoms with Gasteiger partial charge in [0.1, 0.15) is 0 Å². The van der Waals surface area contributed by atoms with Crippen LogP contribution in [0.2, 0.25) is 0 Å². The van der Waals surface area contributed by atoms with Gasteiger partial charge in [-0.05, 0) is 13.3 Å². The summed E-state index contributed by atoms with van der Waals surface area (Å²) in [5, 5.41) is 4.35. The molecule has 0 aliphatic carbocycles. The van der Waals surface area contributed by atoms with Crippen molar-refractivity contribution >= 4 is 17.7 Å². The maximum Gasteiger partial charge on any atom is 0.191 e. The van der Waals surface area contributed by atoms with E-state index in [1.54, 1.807) is 0 Å². The molecular formula is C15H25N5OS. The molecule has 2 aliphatic heterocycles. The molecule has 1 aromatic heterocycles. The highest BCUT2D eigenvalue weighted by atomic mass is 32.2. The third-order valence-corrected chi connectivity index (χ3v) is 5.29. The molecule has 1 aromatic rings. The van der Waals surface area contributed by atoms with Crippen molar-refractivity contribution in [1.82, 2.24) is 14.7 Å². The Morgan fingerprint density at radius 1 is 1.50 bits per heavy atom. The Hall–Kier alpha value is -1.21. The van der Waals surface area contributed by atoms with Gasteiger partial charge in [0.05, 0.1) is 12.3 Å². The standard InChI is InChI=1S/C15H25N5OS/c1-2-20-11-13(10-18-20)14-12(3-6-21-14)9-17-15(16)19-4-7-22-8-5-19/h10-12,14H,2-9H2,1H3,(H2,16,17)/t12-,14+/m0/s1. The van der Waals surface area contributed by atoms with Crippen molar-refractivity contribution in [1.29, 1.82) is 0 Å². The van der Waals surface area contributed by atoms with E-state index in [0.717, 1.165) is 56.3 Å². The molecule has 6 nitrogen and oxygen atoms in total. The lowest BCUT2D eigenvalue weighted by Crippen LogP contribution is -2.43. The maximum atomic E-state index is 6.15. The summed E-state index contributed by atoms with van der Waals surface area (Å²) in [6, 6.07) is 0. The molecule has 3 rings (SSSR count). The van der Waals surface area contributed by atoms with Crippen molar-refractivity contribution < 1.29 is 4.74 Å². The highest BCUT2D eigenvalue weighted by molar-refractivity contribution is 7.99. The van der Waals surface area contributed by atoms with Crippen LogP contribution in [0, 0.1) is 5.92 Å². The van der Waals surface area contributed by atoms with E-state index < -0.39 is 0 Å². The predicted molar refractivity (Wildman–Crippen MR) is 90.1 cm³/mol. The number of hydrogen-bond donors (Lipinski definition) is 1. The van der Waals surface area contributed by atoms with Crippen molar-refractivity contribution in [3.8, 4) is 0 Å². The van der Waals surface area contributed by atoms with E-state index in [1.165, 1.54) is 0 Å². The Morgan fingerprint density at radius 3 is 3.05 bits per heavy atom. The van der Waals surface area contributed by atoms with Gasteiger partial charge in [-0.3, -0.25) is 9.67 Å². The zero-order valence-corrected chi connectivity index (χ0v) is 14.0. The molecule has 2 N–H and O–H groups in total. The molecule has 0 amide bonds. The van der Waals surface area contributed by atoms with Gasteiger partial charge in [0, 0.05) is 62.0 Å². The molecule has 2 saturated heterocycles. The van der Waals surface area contributed by atoms with Crippen LogP contribution in [0.3, 0.4) is 0 Å². The van der Waals surface area contributed by atoms with Crippen molar-refractivity contribution in [3.05, 3.63) is 18.0 Å². The molecule has 0 unspecified atom stereocenters. The molecular weight excluding hydrogens is 298 g/mol. The summed E-state index contributed by atoms with van der Waals surface area (Å²) in [6.45, 7) is 6.52. The number of aryl methyl sites for hydroxylation is 1. The summed E-state index contributed by atoms with van der Waals surface area (Å²) >= 11 is 1.98. The first-order valence-electron chi connectivity index (χ1n) is 8.04. The molecule has 0 aromatic carbocycles. The lowest BCUT2D eigenvalue weighted by atomic mass is 9.98. The number of rotatable bonds is 4. The lowest BCUT2D eigenvalue weighted by molar-refractivity contribution is 0.0924. The Labute approximate surface area is 136 Å². The fourth-order valence-corrected chi connectivity index (χ4v) is 3.90. The molecule has 0 radical (unpaired) electrons. The van der Waals surface area contributed by atoms with E-state index in [2.05, 4.69) is 28.1 Å². The van der Waals surface area contributed by atoms with Gasteiger partial charge in [0.2, 0.25) is 0 Å². The number of nitrogens with two attached hydrogens (primary N) is 1. The van der Waals surface area contributed by atoms with Crippen LogP contribution < -0.4 is 5.73 Å². The summed E-state index contributed by atoms with van der Waals surface area (Å²) in [4.78, 5) is 6.83. The minimum absolute atomic E-state index is 0.105. The summed E-state index contributed by atoms with van der Waals surface area (Å²) in [7, 11) is 0. The van der Waals surface area contributed by atoms with Gasteiger partial charge in [0.15, 0.2) is 5.96 Å². The molecule has 0 spiro atoms. The SMILES string of the molecule is CCn1cc([C@@H]2OCC[C@H]2CN=C(N)N2CCSCC2)cn1. The molecule has 122 valence electrons. The van der Waals surface area contributed by atoms with Crippen molar-refractivity contribution in [2.45, 2.75) is 26.0 Å². The van der Waals surface area contributed by atoms with Gasteiger partial charge in [-0.25, -0.2) is 0 Å². The zero-order valence-electron chi connectivity index (χ0n) is 13.1. The van der Waals surface area contributed by atoms with E-state index in [9.17, 15) is 0 Å². The van der Waals surface area contributed by atoms with Gasteiger partial charge in [0.25, 0.3) is 0 Å². The fourth-order valence-electron chi connectivity index (χ4n) is 2.99. The summed E-state index contributed by atoms with van der Waals surface area (Å²) in [6.07, 6.45) is 5.14. The largest absolute Gasteiger partial charge is 0.373 e. The quantitative estimate of drug-likeness (QED) is 0.669. The zero-order chi connectivity index (χ0) is 15.4. The number of thioether (sulfide) groups is 1. The van der Waals surface area contributed by atoms with Crippen LogP contribution in [-0.4, -0.2) is 58.4 Å². The van der Waals surface area contributed by atoms with E-state index in [4.69, 9.17) is 10.5 Å². The van der Waals surface area contributed by atoms with Gasteiger partial charge in [-0.15, -0.1) is 0 Å². The second-order valence-electron chi connectivity index (χ2n) is 5.77. The summed E-state index contributed by atoms with van der Waals surface area (Å²) < 4.78 is 7.85. The van der Waals surface area contributed by atoms with Crippen LogP contribution >= 0.6 is 11.8 Å². The molecule has 2 atom stereocenters. The topological polar surface area (TPSA) is 68.7 Å². The summed E-state index contributed by atoms with van der Waals surface area (Å²) in [5.74, 6) is 3.37. The molecule has 22 heavy (non-hydrogen) atoms. The molecule has 2 fully saturated rings. The normalized spacial score (nSPS) is 26.6. The molecule has 0 saturated carbocycles. The van der Waals surface area contributed by atoms with Crippen LogP contribution in [-0.2, 0) is 11.3 Å². The Balaban J connectivity index is 1.60. The Morgan fingerprint density at radius 2 is 2.32 bits per heavy atom. The number of ether oxygens (including phenoxy) is 1. The smallest absolute Gasteiger partial charge is 0.191 e. The number of aliphatic imine (C=N–C) groups is 1. The molecule has 7 heteroatoms. The van der Waals surface area contributed by atoms with Crippen molar-refractivity contribution in [2.24, 2.45) is 16.6 Å². The average molecular weight is 323 g/mol. The molecule has 3 heterocycles. The lowest BCUT2D eigenvalue weighted by Gasteiger charge is -2.27. The van der Waals surface area contributed by atoms with Crippen LogP contribution in [0.5, 0.6) is 0 Å². The van der Waals surface area contributed by atoms with Crippen LogP contribution in [0.25, 0.3) is 0 Å². The number of nitrogens with zero attached hydrogens (tertiary/aromatic N) is 4. The van der Waals surface area contributed by atoms with E-state index in [1.807, 2.05) is 22.6 Å². The highest BCUT2D eigenvalue weighted by Gasteiger charge is 2.30. The maximum absolute atomic E-state index is 6.15. The number of hydrogen-bond acceptors (Lipinski definition) is 4. The van der Waals surface area contributed by atoms with Crippen molar-refractivity contribution in [3.63, 3.8) is 0 Å². The van der Waals surface area contributed by atoms with Crippen LogP contribution in [0.4, 0.5) is 0 Å². The fraction of sp³-hybridized carbons (Fsp3) is 0.733. The third kappa shape index (κ3) is 3.57. The molecule has 0 bridgehead atoms. The molecule has 2 aliphatic rings. The van der Waals surface area contributed by atoms with E-state index >= 15 is 0 Å². The van der Waals surface area contributed by atoms with Crippen LogP contribution in [0.15, 0.2) is 17.4 Å². The van der Waals surface area contributed by atoms with E-state index in [-0.39, 0.29) is 6.10 Å². The summed E-state index contributed by atoms with van der Waals surface area (Å²) in [5.41, 5.74) is 7.31. The number of guanidine groups is 1. The second-order valence-corrected chi connectivity index (χ2v) is 6.99. The predicted octanol–water partition coefficient (Wildman–Crippen LogP) is 1.34. The third-order valence-electron chi connectivity index (χ3n) is 4.34. The second kappa shape index (κ2) is 7.37.